The number of hydrogen-bond donors (Lipinski definition) is 2. The Morgan fingerprint density at radius 3 is 2.58 bits per heavy atom. The minimum atomic E-state index is -0.472. The minimum absolute atomic E-state index is 0.0982. The number of anilines is 1. The number of carbonyl (C=O) groups excluding carboxylic acids is 1. The Hall–Kier alpha value is -3.85. The van der Waals surface area contributed by atoms with Crippen molar-refractivity contribution in [2.75, 3.05) is 25.1 Å². The zero-order chi connectivity index (χ0) is 23.2. The smallest absolute Gasteiger partial charge is 0.407 e. The van der Waals surface area contributed by atoms with Gasteiger partial charge in [0, 0.05) is 35.1 Å². The van der Waals surface area contributed by atoms with Gasteiger partial charge in [-0.15, -0.1) is 0 Å². The largest absolute Gasteiger partial charge is 0.480 e. The van der Waals surface area contributed by atoms with Crippen LogP contribution in [0.15, 0.2) is 61.1 Å². The lowest BCUT2D eigenvalue weighted by atomic mass is 9.98. The molecule has 4 rings (SSSR count). The fourth-order valence-corrected chi connectivity index (χ4v) is 3.52. The van der Waals surface area contributed by atoms with Gasteiger partial charge >= 0.3 is 6.09 Å². The van der Waals surface area contributed by atoms with Gasteiger partial charge in [0.1, 0.15) is 12.4 Å². The van der Waals surface area contributed by atoms with E-state index in [2.05, 4.69) is 39.0 Å². The number of aromatic nitrogens is 3. The van der Waals surface area contributed by atoms with Gasteiger partial charge in [-0.2, -0.15) is 0 Å². The van der Waals surface area contributed by atoms with Crippen molar-refractivity contribution in [2.45, 2.75) is 6.61 Å². The summed E-state index contributed by atoms with van der Waals surface area (Å²) in [5.41, 5.74) is 11.8. The Morgan fingerprint density at radius 2 is 1.85 bits per heavy atom. The third-order valence-electron chi connectivity index (χ3n) is 5.03. The zero-order valence-corrected chi connectivity index (χ0v) is 19.0. The topological polar surface area (TPSA) is 112 Å². The number of nitrogens with zero attached hydrogens (tertiary/aromatic N) is 3. The molecule has 0 spiro atoms. The molecule has 0 aliphatic carbocycles. The van der Waals surface area contributed by atoms with E-state index in [1.807, 2.05) is 36.4 Å². The zero-order valence-electron chi connectivity index (χ0n) is 18.0. The lowest BCUT2D eigenvalue weighted by molar-refractivity contribution is 0.139. The molecule has 1 amide bonds. The number of fused-ring (bicyclic) bond motifs is 1. The lowest BCUT2D eigenvalue weighted by Crippen LogP contribution is -2.26. The van der Waals surface area contributed by atoms with E-state index in [9.17, 15) is 4.79 Å². The number of benzene rings is 1. The highest BCUT2D eigenvalue weighted by molar-refractivity contribution is 7.58. The maximum atomic E-state index is 11.6. The van der Waals surface area contributed by atoms with Crippen molar-refractivity contribution < 1.29 is 14.3 Å². The fraction of sp³-hybridized carbons (Fsp3) is 0.167. The number of pyridine rings is 3. The summed E-state index contributed by atoms with van der Waals surface area (Å²) in [6.45, 7) is 0.597. The van der Waals surface area contributed by atoms with Crippen LogP contribution in [-0.2, 0) is 24.0 Å². The third-order valence-corrected chi connectivity index (χ3v) is 5.28. The van der Waals surface area contributed by atoms with Crippen molar-refractivity contribution in [3.05, 3.63) is 66.7 Å². The second-order valence-corrected chi connectivity index (χ2v) is 7.70. The molecule has 0 unspecified atom stereocenters. The molecule has 0 radical (unpaired) electrons. The first-order valence-corrected chi connectivity index (χ1v) is 11.0. The van der Waals surface area contributed by atoms with E-state index < -0.39 is 6.09 Å². The Labute approximate surface area is 196 Å². The van der Waals surface area contributed by atoms with Crippen LogP contribution in [0, 0.1) is 0 Å². The number of hydrogen-bond acceptors (Lipinski definition) is 7. The summed E-state index contributed by atoms with van der Waals surface area (Å²) in [6.07, 6.45) is 4.80. The molecule has 0 atom stereocenters. The van der Waals surface area contributed by atoms with E-state index >= 15 is 0 Å². The molecule has 0 aliphatic heterocycles. The normalized spacial score (nSPS) is 10.7. The van der Waals surface area contributed by atoms with Gasteiger partial charge in [0.25, 0.3) is 0 Å². The van der Waals surface area contributed by atoms with E-state index in [0.29, 0.717) is 29.6 Å². The second-order valence-electron chi connectivity index (χ2n) is 7.20. The van der Waals surface area contributed by atoms with Crippen molar-refractivity contribution in [2.24, 2.45) is 0 Å². The highest BCUT2D eigenvalue weighted by Crippen LogP contribution is 2.32. The molecule has 1 aromatic carbocycles. The van der Waals surface area contributed by atoms with E-state index in [4.69, 9.17) is 15.2 Å². The van der Waals surface area contributed by atoms with Crippen LogP contribution in [0.3, 0.4) is 0 Å². The van der Waals surface area contributed by atoms with Gasteiger partial charge in [-0.3, -0.25) is 9.97 Å². The van der Waals surface area contributed by atoms with Gasteiger partial charge in [0.05, 0.1) is 30.6 Å². The van der Waals surface area contributed by atoms with Crippen molar-refractivity contribution in [3.8, 4) is 28.1 Å². The Morgan fingerprint density at radius 1 is 1.03 bits per heavy atom. The number of methoxy groups -OCH3 is 1. The van der Waals surface area contributed by atoms with Crippen LogP contribution in [0.4, 0.5) is 10.5 Å². The quantitative estimate of drug-likeness (QED) is 0.406. The molecular weight excluding hydrogens is 438 g/mol. The van der Waals surface area contributed by atoms with E-state index in [1.54, 1.807) is 18.6 Å². The Kier molecular flexibility index (Phi) is 6.89. The average molecular weight is 463 g/mol. The third kappa shape index (κ3) is 5.15. The first kappa shape index (κ1) is 22.3. The van der Waals surface area contributed by atoms with Crippen molar-refractivity contribution in [1.82, 2.24) is 20.3 Å². The number of nitrogen functional groups attached to an aromatic ring is 1. The summed E-state index contributed by atoms with van der Waals surface area (Å²) < 4.78 is 10.3. The average Bonchev–Trinajstić information content (AvgIpc) is 2.85. The van der Waals surface area contributed by atoms with Gasteiger partial charge in [-0.25, -0.2) is 9.78 Å². The predicted octanol–water partition coefficient (Wildman–Crippen LogP) is 3.19. The standard InChI is InChI=1S/C24H23N5O3S/c1-31-23-21(25)11-17(13-29-23)15-3-5-22-20(10-15)19(6-7-26-22)16-2-4-18(28-12-16)14-32-24(30)27-8-9-33/h2-7,10-13,33H,8-9,14,25H2,1H3,(H,27,30)/p+1. The second kappa shape index (κ2) is 10.2. The first-order valence-electron chi connectivity index (χ1n) is 10.3. The molecule has 3 N–H and O–H groups in total. The molecule has 33 heavy (non-hydrogen) atoms. The van der Waals surface area contributed by atoms with Crippen LogP contribution in [0.5, 0.6) is 5.88 Å². The van der Waals surface area contributed by atoms with Crippen LogP contribution in [0.1, 0.15) is 5.69 Å². The van der Waals surface area contributed by atoms with Crippen LogP contribution in [0.2, 0.25) is 0 Å². The highest BCUT2D eigenvalue weighted by Gasteiger charge is 2.10. The highest BCUT2D eigenvalue weighted by atomic mass is 32.1. The molecule has 168 valence electrons. The molecule has 4 aromatic rings. The maximum absolute atomic E-state index is 11.6. The number of carbonyl (C=O) groups is 1. The molecule has 9 heteroatoms. The van der Waals surface area contributed by atoms with Gasteiger partial charge < -0.3 is 20.5 Å². The van der Waals surface area contributed by atoms with Gasteiger partial charge in [0.2, 0.25) is 5.88 Å². The lowest BCUT2D eigenvalue weighted by Gasteiger charge is -2.10. The molecule has 3 heterocycles. The molecule has 0 aliphatic rings. The maximum Gasteiger partial charge on any atom is 0.407 e. The first-order chi connectivity index (χ1) is 16.1. The number of ether oxygens (including phenoxy) is 2. The van der Waals surface area contributed by atoms with Crippen LogP contribution >= 0.6 is 0 Å². The summed E-state index contributed by atoms with van der Waals surface area (Å²) in [5.74, 6) is 1.06. The van der Waals surface area contributed by atoms with Crippen LogP contribution < -0.4 is 15.8 Å². The summed E-state index contributed by atoms with van der Waals surface area (Å²) >= 11 is 3.29. The van der Waals surface area contributed by atoms with E-state index in [0.717, 1.165) is 33.2 Å². The molecule has 0 bridgehead atoms. The van der Waals surface area contributed by atoms with Crippen molar-refractivity contribution >= 4 is 35.3 Å². The Balaban J connectivity index is 1.61. The molecule has 8 nitrogen and oxygen atoms in total. The molecule has 0 saturated heterocycles. The summed E-state index contributed by atoms with van der Waals surface area (Å²) in [4.78, 5) is 24.8. The van der Waals surface area contributed by atoms with Crippen molar-refractivity contribution in [1.29, 1.82) is 0 Å². The molecule has 0 fully saturated rings. The van der Waals surface area contributed by atoms with Crippen LogP contribution in [0.25, 0.3) is 33.2 Å². The van der Waals surface area contributed by atoms with E-state index in [-0.39, 0.29) is 6.61 Å². The number of rotatable bonds is 7. The van der Waals surface area contributed by atoms with Crippen molar-refractivity contribution in [3.63, 3.8) is 0 Å². The number of alkyl carbamates (subject to hydrolysis) is 1. The molecular formula is C24H24N5O3S+. The van der Waals surface area contributed by atoms with E-state index in [1.165, 1.54) is 7.11 Å². The van der Waals surface area contributed by atoms with Gasteiger partial charge in [-0.05, 0) is 54.1 Å². The summed E-state index contributed by atoms with van der Waals surface area (Å²) in [7, 11) is 1.54. The Bertz CT molecular complexity index is 1280. The summed E-state index contributed by atoms with van der Waals surface area (Å²) in [5, 5.41) is 3.60. The van der Waals surface area contributed by atoms with Crippen LogP contribution in [-0.4, -0.2) is 40.5 Å². The monoisotopic (exact) mass is 462 g/mol. The molecule has 3 aromatic heterocycles. The predicted molar refractivity (Wildman–Crippen MR) is 132 cm³/mol. The summed E-state index contributed by atoms with van der Waals surface area (Å²) in [6, 6.07) is 13.6. The minimum Gasteiger partial charge on any atom is -0.480 e. The number of nitrogens with two attached hydrogens (primary N) is 1. The van der Waals surface area contributed by atoms with Gasteiger partial charge in [0.15, 0.2) is 0 Å². The number of amides is 1. The van der Waals surface area contributed by atoms with Gasteiger partial charge in [-0.1, -0.05) is 12.1 Å². The molecule has 0 saturated carbocycles. The SMILES string of the molecule is COc1ncc(-c2ccc3nccc(-c4ccc(COC(=O)NCC[SH2+])nc4)c3c2)cc1N. The number of nitrogens with one attached hydrogen (secondary N) is 1. The fourth-order valence-electron chi connectivity index (χ4n) is 3.40.